The Morgan fingerprint density at radius 2 is 1.92 bits per heavy atom. The Morgan fingerprint density at radius 3 is 2.50 bits per heavy atom. The average Bonchev–Trinajstić information content (AvgIpc) is 2.98. The molecule has 8 nitrogen and oxygen atoms in total. The van der Waals surface area contributed by atoms with Crippen LogP contribution in [0.1, 0.15) is 12.7 Å². The minimum Gasteiger partial charge on any atom is -0.478 e. The van der Waals surface area contributed by atoms with Gasteiger partial charge in [-0.25, -0.2) is 4.79 Å². The van der Waals surface area contributed by atoms with Crippen LogP contribution in [0.15, 0.2) is 51.4 Å². The Labute approximate surface area is 153 Å². The van der Waals surface area contributed by atoms with Crippen molar-refractivity contribution in [2.75, 3.05) is 16.4 Å². The number of hydrogen-bond acceptors (Lipinski definition) is 6. The minimum atomic E-state index is -1.15. The first-order valence-electron chi connectivity index (χ1n) is 7.52. The van der Waals surface area contributed by atoms with Crippen molar-refractivity contribution >= 4 is 41.1 Å². The second-order valence-corrected chi connectivity index (χ2v) is 6.35. The van der Waals surface area contributed by atoms with Gasteiger partial charge in [-0.15, -0.1) is 11.8 Å². The SMILES string of the molecule is CC(=CC(=O)Nc1ccc(SCC(=O)Nc2cc(C)on2)cc1)C(=O)O. The molecular weight excluding hydrogens is 358 g/mol. The summed E-state index contributed by atoms with van der Waals surface area (Å²) >= 11 is 1.32. The second-order valence-electron chi connectivity index (χ2n) is 5.31. The molecule has 1 heterocycles. The number of aromatic nitrogens is 1. The van der Waals surface area contributed by atoms with Gasteiger partial charge in [0, 0.05) is 28.3 Å². The van der Waals surface area contributed by atoms with Gasteiger partial charge in [-0.05, 0) is 38.1 Å². The Balaban J connectivity index is 1.83. The molecule has 0 bridgehead atoms. The van der Waals surface area contributed by atoms with Crippen molar-refractivity contribution in [1.29, 1.82) is 0 Å². The molecule has 0 saturated heterocycles. The van der Waals surface area contributed by atoms with Gasteiger partial charge in [0.1, 0.15) is 5.76 Å². The number of aryl methyl sites for hydroxylation is 1. The van der Waals surface area contributed by atoms with E-state index >= 15 is 0 Å². The maximum absolute atomic E-state index is 11.8. The fraction of sp³-hybridized carbons (Fsp3) is 0.176. The number of carboxylic acids is 1. The lowest BCUT2D eigenvalue weighted by Crippen LogP contribution is -2.14. The molecule has 0 radical (unpaired) electrons. The maximum atomic E-state index is 11.8. The van der Waals surface area contributed by atoms with Crippen LogP contribution in [0.4, 0.5) is 11.5 Å². The number of hydrogen-bond donors (Lipinski definition) is 3. The fourth-order valence-corrected chi connectivity index (χ4v) is 2.52. The highest BCUT2D eigenvalue weighted by Crippen LogP contribution is 2.20. The van der Waals surface area contributed by atoms with Crippen LogP contribution in [0, 0.1) is 6.92 Å². The highest BCUT2D eigenvalue weighted by Gasteiger charge is 2.08. The van der Waals surface area contributed by atoms with E-state index < -0.39 is 11.9 Å². The van der Waals surface area contributed by atoms with Gasteiger partial charge in [-0.2, -0.15) is 0 Å². The molecule has 0 spiro atoms. The molecule has 2 rings (SSSR count). The number of carbonyl (C=O) groups is 3. The van der Waals surface area contributed by atoms with Gasteiger partial charge in [0.25, 0.3) is 0 Å². The Bertz CT molecular complexity index is 842. The molecule has 2 aromatic rings. The summed E-state index contributed by atoms with van der Waals surface area (Å²) in [5.41, 5.74) is 0.472. The molecule has 0 atom stereocenters. The van der Waals surface area contributed by atoms with Crippen molar-refractivity contribution < 1.29 is 24.0 Å². The molecule has 0 aliphatic heterocycles. The number of nitrogens with one attached hydrogen (secondary N) is 2. The second kappa shape index (κ2) is 8.86. The summed E-state index contributed by atoms with van der Waals surface area (Å²) in [6.07, 6.45) is 1.01. The third kappa shape index (κ3) is 6.10. The first-order chi connectivity index (χ1) is 12.3. The molecule has 1 aromatic heterocycles. The lowest BCUT2D eigenvalue weighted by molar-refractivity contribution is -0.132. The number of benzene rings is 1. The predicted octanol–water partition coefficient (Wildman–Crippen LogP) is 2.68. The molecule has 0 unspecified atom stereocenters. The molecule has 9 heteroatoms. The Kier molecular flexibility index (Phi) is 6.56. The standard InChI is InChI=1S/C17H17N3O5S/c1-10(17(23)24)7-15(21)18-12-3-5-13(6-4-12)26-9-16(22)19-14-8-11(2)25-20-14/h3-8H,9H2,1-2H3,(H,18,21)(H,23,24)(H,19,20,22). The molecule has 1 aromatic carbocycles. The smallest absolute Gasteiger partial charge is 0.331 e. The summed E-state index contributed by atoms with van der Waals surface area (Å²) in [6.45, 7) is 3.07. The summed E-state index contributed by atoms with van der Waals surface area (Å²) < 4.78 is 4.87. The average molecular weight is 375 g/mol. The van der Waals surface area contributed by atoms with Crippen molar-refractivity contribution in [3.63, 3.8) is 0 Å². The van der Waals surface area contributed by atoms with E-state index in [1.807, 2.05) is 0 Å². The molecular formula is C17H17N3O5S. The van der Waals surface area contributed by atoms with Gasteiger partial charge in [0.2, 0.25) is 11.8 Å². The topological polar surface area (TPSA) is 122 Å². The third-order valence-electron chi connectivity index (χ3n) is 3.07. The number of nitrogens with zero attached hydrogens (tertiary/aromatic N) is 1. The number of thioether (sulfide) groups is 1. The van der Waals surface area contributed by atoms with Crippen molar-refractivity contribution in [2.24, 2.45) is 0 Å². The van der Waals surface area contributed by atoms with Gasteiger partial charge in [0.05, 0.1) is 5.75 Å². The van der Waals surface area contributed by atoms with E-state index in [1.54, 1.807) is 37.3 Å². The zero-order valence-electron chi connectivity index (χ0n) is 14.1. The fourth-order valence-electron chi connectivity index (χ4n) is 1.82. The predicted molar refractivity (Wildman–Crippen MR) is 97.1 cm³/mol. The molecule has 0 saturated carbocycles. The quantitative estimate of drug-likeness (QED) is 0.502. The summed E-state index contributed by atoms with van der Waals surface area (Å²) in [4.78, 5) is 35.0. The lowest BCUT2D eigenvalue weighted by atomic mass is 10.2. The van der Waals surface area contributed by atoms with Crippen LogP contribution in [0.5, 0.6) is 0 Å². The van der Waals surface area contributed by atoms with Crippen LogP contribution in [-0.2, 0) is 14.4 Å². The molecule has 0 fully saturated rings. The zero-order chi connectivity index (χ0) is 19.1. The van der Waals surface area contributed by atoms with Crippen molar-refractivity contribution in [3.05, 3.63) is 47.7 Å². The normalized spacial score (nSPS) is 11.1. The third-order valence-corrected chi connectivity index (χ3v) is 4.08. The molecule has 136 valence electrons. The minimum absolute atomic E-state index is 0.0528. The van der Waals surface area contributed by atoms with Crippen LogP contribution >= 0.6 is 11.8 Å². The molecule has 26 heavy (non-hydrogen) atoms. The van der Waals surface area contributed by atoms with Gasteiger partial charge in [-0.1, -0.05) is 5.16 Å². The van der Waals surface area contributed by atoms with Crippen LogP contribution in [-0.4, -0.2) is 33.8 Å². The molecule has 2 amide bonds. The summed E-state index contributed by atoms with van der Waals surface area (Å²) in [5, 5.41) is 17.6. The van der Waals surface area contributed by atoms with Crippen LogP contribution < -0.4 is 10.6 Å². The first-order valence-corrected chi connectivity index (χ1v) is 8.50. The number of carboxylic acid groups (broad SMARTS) is 1. The number of rotatable bonds is 7. The summed E-state index contributed by atoms with van der Waals surface area (Å²) in [6, 6.07) is 8.47. The Hall–Kier alpha value is -3.07. The molecule has 0 aliphatic rings. The number of aliphatic carboxylic acids is 1. The van der Waals surface area contributed by atoms with E-state index in [-0.39, 0.29) is 17.2 Å². The van der Waals surface area contributed by atoms with Gasteiger partial charge in [0.15, 0.2) is 5.82 Å². The number of amides is 2. The largest absolute Gasteiger partial charge is 0.478 e. The Morgan fingerprint density at radius 1 is 1.23 bits per heavy atom. The molecule has 0 aliphatic carbocycles. The maximum Gasteiger partial charge on any atom is 0.331 e. The lowest BCUT2D eigenvalue weighted by Gasteiger charge is -2.05. The van der Waals surface area contributed by atoms with Crippen LogP contribution in [0.25, 0.3) is 0 Å². The zero-order valence-corrected chi connectivity index (χ0v) is 14.9. The van der Waals surface area contributed by atoms with Gasteiger partial charge >= 0.3 is 5.97 Å². The first kappa shape index (κ1) is 19.3. The monoisotopic (exact) mass is 375 g/mol. The van der Waals surface area contributed by atoms with Crippen molar-refractivity contribution in [3.8, 4) is 0 Å². The van der Waals surface area contributed by atoms with Gasteiger partial charge in [-0.3, -0.25) is 9.59 Å². The number of carbonyl (C=O) groups excluding carboxylic acids is 2. The van der Waals surface area contributed by atoms with E-state index in [4.69, 9.17) is 9.63 Å². The van der Waals surface area contributed by atoms with E-state index in [0.717, 1.165) is 11.0 Å². The van der Waals surface area contributed by atoms with Gasteiger partial charge < -0.3 is 20.3 Å². The highest BCUT2D eigenvalue weighted by molar-refractivity contribution is 8.00. The van der Waals surface area contributed by atoms with Crippen molar-refractivity contribution in [2.45, 2.75) is 18.7 Å². The van der Waals surface area contributed by atoms with Crippen molar-refractivity contribution in [1.82, 2.24) is 5.16 Å². The molecule has 3 N–H and O–H groups in total. The highest BCUT2D eigenvalue weighted by atomic mass is 32.2. The van der Waals surface area contributed by atoms with E-state index in [2.05, 4.69) is 15.8 Å². The summed E-state index contributed by atoms with van der Waals surface area (Å²) in [7, 11) is 0. The number of anilines is 2. The van der Waals surface area contributed by atoms with Crippen LogP contribution in [0.3, 0.4) is 0 Å². The van der Waals surface area contributed by atoms with E-state index in [0.29, 0.717) is 17.3 Å². The van der Waals surface area contributed by atoms with Crippen LogP contribution in [0.2, 0.25) is 0 Å². The van der Waals surface area contributed by atoms with E-state index in [1.165, 1.54) is 18.7 Å². The summed E-state index contributed by atoms with van der Waals surface area (Å²) in [5.74, 6) is -0.707. The van der Waals surface area contributed by atoms with E-state index in [9.17, 15) is 14.4 Å².